The van der Waals surface area contributed by atoms with Gasteiger partial charge in [0.1, 0.15) is 17.7 Å². The Hall–Kier alpha value is -3.19. The molecule has 0 saturated carbocycles. The summed E-state index contributed by atoms with van der Waals surface area (Å²) in [6, 6.07) is 3.71. The van der Waals surface area contributed by atoms with Gasteiger partial charge in [-0.2, -0.15) is 13.2 Å². The summed E-state index contributed by atoms with van der Waals surface area (Å²) in [4.78, 5) is 14.4. The SMILES string of the molecule is Cl.N[C@@H](CC(=O)N1CCn2c(nnc2C(F)(F)F)[C@H]1c1ccc(F)cc1)Cc1cc(F)c(F)cc1F. The van der Waals surface area contributed by atoms with Crippen molar-refractivity contribution in [3.8, 4) is 0 Å². The highest BCUT2D eigenvalue weighted by Gasteiger charge is 2.43. The van der Waals surface area contributed by atoms with Crippen molar-refractivity contribution in [3.63, 3.8) is 0 Å². The first-order valence-corrected chi connectivity index (χ1v) is 10.4. The molecule has 194 valence electrons. The average Bonchev–Trinajstić information content (AvgIpc) is 3.22. The Bertz CT molecular complexity index is 1250. The summed E-state index contributed by atoms with van der Waals surface area (Å²) < 4.78 is 95.0. The van der Waals surface area contributed by atoms with Crippen molar-refractivity contribution < 1.29 is 35.5 Å². The monoisotopic (exact) mass is 537 g/mol. The van der Waals surface area contributed by atoms with Gasteiger partial charge in [-0.1, -0.05) is 12.1 Å². The van der Waals surface area contributed by atoms with Gasteiger partial charge in [0.25, 0.3) is 0 Å². The number of fused-ring (bicyclic) bond motifs is 1. The first-order valence-electron chi connectivity index (χ1n) is 10.4. The van der Waals surface area contributed by atoms with E-state index in [0.717, 1.165) is 16.7 Å². The van der Waals surface area contributed by atoms with Gasteiger partial charge < -0.3 is 15.2 Å². The molecule has 6 nitrogen and oxygen atoms in total. The van der Waals surface area contributed by atoms with Crippen LogP contribution in [0.3, 0.4) is 0 Å². The molecule has 1 aromatic heterocycles. The minimum Gasteiger partial charge on any atom is -0.327 e. The van der Waals surface area contributed by atoms with E-state index in [0.29, 0.717) is 17.7 Å². The van der Waals surface area contributed by atoms with E-state index in [1.54, 1.807) is 0 Å². The van der Waals surface area contributed by atoms with Gasteiger partial charge in [-0.3, -0.25) is 4.79 Å². The lowest BCUT2D eigenvalue weighted by Crippen LogP contribution is -2.45. The molecule has 0 radical (unpaired) electrons. The number of hydrogen-bond acceptors (Lipinski definition) is 4. The second kappa shape index (κ2) is 10.4. The van der Waals surface area contributed by atoms with Crippen LogP contribution >= 0.6 is 12.4 Å². The molecule has 3 aromatic rings. The summed E-state index contributed by atoms with van der Waals surface area (Å²) in [5, 5.41) is 6.90. The molecule has 2 aromatic carbocycles. The first-order chi connectivity index (χ1) is 16.5. The largest absolute Gasteiger partial charge is 0.451 e. The van der Waals surface area contributed by atoms with E-state index in [-0.39, 0.29) is 49.7 Å². The third-order valence-corrected chi connectivity index (χ3v) is 5.67. The lowest BCUT2D eigenvalue weighted by molar-refractivity contribution is -0.148. The van der Waals surface area contributed by atoms with Gasteiger partial charge in [-0.25, -0.2) is 17.6 Å². The number of rotatable bonds is 5. The molecule has 2 heterocycles. The zero-order chi connectivity index (χ0) is 25.5. The molecule has 0 unspecified atom stereocenters. The van der Waals surface area contributed by atoms with Crippen LogP contribution in [0.1, 0.15) is 35.2 Å². The third kappa shape index (κ3) is 5.46. The van der Waals surface area contributed by atoms with Crippen LogP contribution in [0.2, 0.25) is 0 Å². The second-order valence-electron chi connectivity index (χ2n) is 8.10. The van der Waals surface area contributed by atoms with Gasteiger partial charge in [0.05, 0.1) is 0 Å². The Kier molecular flexibility index (Phi) is 7.94. The average molecular weight is 538 g/mol. The normalized spacial score (nSPS) is 16.3. The molecule has 1 amide bonds. The van der Waals surface area contributed by atoms with E-state index in [2.05, 4.69) is 10.2 Å². The maximum atomic E-state index is 14.0. The molecule has 0 fully saturated rings. The summed E-state index contributed by atoms with van der Waals surface area (Å²) in [5.74, 6) is -6.24. The Balaban J connectivity index is 0.00000361. The Labute approximate surface area is 206 Å². The summed E-state index contributed by atoms with van der Waals surface area (Å²) in [7, 11) is 0. The number of halogens is 8. The number of nitrogens with two attached hydrogens (primary N) is 1. The fourth-order valence-electron chi connectivity index (χ4n) is 4.08. The van der Waals surface area contributed by atoms with Crippen LogP contribution in [0.15, 0.2) is 36.4 Å². The maximum Gasteiger partial charge on any atom is 0.451 e. The number of aromatic nitrogens is 3. The zero-order valence-corrected chi connectivity index (χ0v) is 19.1. The van der Waals surface area contributed by atoms with Crippen molar-refractivity contribution in [1.82, 2.24) is 19.7 Å². The highest BCUT2D eigenvalue weighted by molar-refractivity contribution is 5.85. The molecule has 2 N–H and O–H groups in total. The van der Waals surface area contributed by atoms with Crippen LogP contribution in [0, 0.1) is 23.3 Å². The maximum absolute atomic E-state index is 14.0. The third-order valence-electron chi connectivity index (χ3n) is 5.67. The van der Waals surface area contributed by atoms with Crippen LogP contribution in [-0.2, 0) is 23.9 Å². The standard InChI is InChI=1S/C22H18F7N5O.ClH/c23-13-3-1-11(2-4-13)19-20-31-32-21(22(27,28)29)34(20)6-5-33(19)18(35)9-14(30)7-12-8-16(25)17(26)10-15(12)24;/h1-4,8,10,14,19H,5-7,9,30H2;1H/t14-,19-;/m1./s1. The van der Waals surface area contributed by atoms with Gasteiger partial charge in [-0.05, 0) is 35.7 Å². The topological polar surface area (TPSA) is 77.0 Å². The molecule has 4 rings (SSSR count). The molecule has 36 heavy (non-hydrogen) atoms. The Morgan fingerprint density at radius 3 is 2.28 bits per heavy atom. The molecule has 0 spiro atoms. The minimum absolute atomic E-state index is 0. The molecule has 0 aliphatic carbocycles. The smallest absolute Gasteiger partial charge is 0.327 e. The molecule has 0 saturated heterocycles. The van der Waals surface area contributed by atoms with Crippen LogP contribution < -0.4 is 5.73 Å². The van der Waals surface area contributed by atoms with E-state index in [1.165, 1.54) is 17.0 Å². The highest BCUT2D eigenvalue weighted by atomic mass is 35.5. The molecular formula is C22H19ClF7N5O. The first kappa shape index (κ1) is 27.4. The van der Waals surface area contributed by atoms with Gasteiger partial charge in [0, 0.05) is 31.6 Å². The quantitative estimate of drug-likeness (QED) is 0.392. The summed E-state index contributed by atoms with van der Waals surface area (Å²) in [6.45, 7) is -0.422. The van der Waals surface area contributed by atoms with Crippen molar-refractivity contribution >= 4 is 18.3 Å². The van der Waals surface area contributed by atoms with Crippen LogP contribution in [-0.4, -0.2) is 38.2 Å². The number of alkyl halides is 3. The van der Waals surface area contributed by atoms with Crippen molar-refractivity contribution in [2.45, 2.75) is 37.6 Å². The number of amides is 1. The number of carbonyl (C=O) groups excluding carboxylic acids is 1. The minimum atomic E-state index is -4.78. The van der Waals surface area contributed by atoms with Crippen molar-refractivity contribution in [1.29, 1.82) is 0 Å². The van der Waals surface area contributed by atoms with E-state index < -0.39 is 53.3 Å². The van der Waals surface area contributed by atoms with E-state index in [4.69, 9.17) is 5.73 Å². The van der Waals surface area contributed by atoms with Crippen molar-refractivity contribution in [3.05, 3.63) is 82.4 Å². The molecule has 2 atom stereocenters. The summed E-state index contributed by atoms with van der Waals surface area (Å²) in [6.07, 6.45) is -5.45. The predicted octanol–water partition coefficient (Wildman–Crippen LogP) is 4.17. The van der Waals surface area contributed by atoms with Gasteiger partial charge in [0.2, 0.25) is 11.7 Å². The number of nitrogens with zero attached hydrogens (tertiary/aromatic N) is 4. The highest BCUT2D eigenvalue weighted by Crippen LogP contribution is 2.36. The number of benzene rings is 2. The van der Waals surface area contributed by atoms with E-state index in [1.807, 2.05) is 0 Å². The molecule has 14 heteroatoms. The molecule has 0 bridgehead atoms. The van der Waals surface area contributed by atoms with Gasteiger partial charge in [-0.15, -0.1) is 22.6 Å². The Morgan fingerprint density at radius 1 is 1.00 bits per heavy atom. The van der Waals surface area contributed by atoms with Crippen LogP contribution in [0.5, 0.6) is 0 Å². The number of hydrogen-bond donors (Lipinski definition) is 1. The van der Waals surface area contributed by atoms with E-state index >= 15 is 0 Å². The van der Waals surface area contributed by atoms with Crippen molar-refractivity contribution in [2.24, 2.45) is 5.73 Å². The summed E-state index contributed by atoms with van der Waals surface area (Å²) >= 11 is 0. The lowest BCUT2D eigenvalue weighted by atomic mass is 9.99. The van der Waals surface area contributed by atoms with Gasteiger partial charge in [0.15, 0.2) is 17.5 Å². The second-order valence-corrected chi connectivity index (χ2v) is 8.10. The lowest BCUT2D eigenvalue weighted by Gasteiger charge is -2.36. The van der Waals surface area contributed by atoms with Crippen LogP contribution in [0.25, 0.3) is 0 Å². The Morgan fingerprint density at radius 2 is 1.64 bits per heavy atom. The zero-order valence-electron chi connectivity index (χ0n) is 18.3. The fourth-order valence-corrected chi connectivity index (χ4v) is 4.08. The molecule has 1 aliphatic heterocycles. The van der Waals surface area contributed by atoms with Crippen molar-refractivity contribution in [2.75, 3.05) is 6.54 Å². The summed E-state index contributed by atoms with van der Waals surface area (Å²) in [5.41, 5.74) is 6.03. The molecule has 1 aliphatic rings. The van der Waals surface area contributed by atoms with E-state index in [9.17, 15) is 35.5 Å². The predicted molar refractivity (Wildman–Crippen MR) is 115 cm³/mol. The van der Waals surface area contributed by atoms with Gasteiger partial charge >= 0.3 is 6.18 Å². The number of carbonyl (C=O) groups is 1. The fraction of sp³-hybridized carbons (Fsp3) is 0.318. The van der Waals surface area contributed by atoms with Crippen LogP contribution in [0.4, 0.5) is 30.7 Å². The molecular weight excluding hydrogens is 519 g/mol.